The quantitative estimate of drug-likeness (QED) is 0.336. The van der Waals surface area contributed by atoms with Crippen molar-refractivity contribution in [3.63, 3.8) is 0 Å². The van der Waals surface area contributed by atoms with Crippen LogP contribution in [0.4, 0.5) is 0 Å². The van der Waals surface area contributed by atoms with E-state index in [1.807, 2.05) is 0 Å². The standard InChI is InChI=1S/C10H17.Li/c1-10(2,3)9-7-5-4-6-8-9;/h5,9H,6-8H2,1-3H3;/q-1;+1. The van der Waals surface area contributed by atoms with Gasteiger partial charge in [0.1, 0.15) is 0 Å². The summed E-state index contributed by atoms with van der Waals surface area (Å²) in [6.45, 7) is 6.99. The summed E-state index contributed by atoms with van der Waals surface area (Å²) in [5.41, 5.74) is 0.499. The molecule has 0 aromatic heterocycles. The molecule has 0 amide bonds. The zero-order valence-corrected chi connectivity index (χ0v) is 8.28. The van der Waals surface area contributed by atoms with Gasteiger partial charge in [-0.25, -0.2) is 0 Å². The Balaban J connectivity index is 0.000001000. The maximum atomic E-state index is 3.26. The van der Waals surface area contributed by atoms with Gasteiger partial charge in [-0.15, -0.1) is 0 Å². The zero-order valence-electron chi connectivity index (χ0n) is 8.28. The molecule has 1 aliphatic carbocycles. The Kier molecular flexibility index (Phi) is 4.52. The van der Waals surface area contributed by atoms with Crippen LogP contribution < -0.4 is 18.9 Å². The first-order valence-corrected chi connectivity index (χ1v) is 4.16. The first-order chi connectivity index (χ1) is 4.61. The maximum Gasteiger partial charge on any atom is 1.00 e. The third-order valence-electron chi connectivity index (χ3n) is 2.41. The van der Waals surface area contributed by atoms with Gasteiger partial charge in [0.25, 0.3) is 0 Å². The van der Waals surface area contributed by atoms with Crippen LogP contribution in [-0.2, 0) is 0 Å². The van der Waals surface area contributed by atoms with E-state index in [1.165, 1.54) is 19.3 Å². The second-order valence-corrected chi connectivity index (χ2v) is 4.25. The number of hydrogen-bond acceptors (Lipinski definition) is 0. The molecule has 1 aliphatic rings. The van der Waals surface area contributed by atoms with Crippen LogP contribution in [0.5, 0.6) is 0 Å². The third kappa shape index (κ3) is 3.50. The van der Waals surface area contributed by atoms with Crippen LogP contribution in [0.3, 0.4) is 0 Å². The van der Waals surface area contributed by atoms with Gasteiger partial charge >= 0.3 is 18.9 Å². The van der Waals surface area contributed by atoms with Crippen LogP contribution >= 0.6 is 0 Å². The SMILES string of the molecule is CC(C)(C)C1CC=[C-]CC1.[Li+]. The number of hydrogen-bond donors (Lipinski definition) is 0. The molecule has 0 nitrogen and oxygen atoms in total. The van der Waals surface area contributed by atoms with Crippen molar-refractivity contribution in [3.05, 3.63) is 12.2 Å². The molecule has 58 valence electrons. The average molecular weight is 144 g/mol. The molecule has 0 radical (unpaired) electrons. The molecule has 0 spiro atoms. The summed E-state index contributed by atoms with van der Waals surface area (Å²) in [4.78, 5) is 0. The van der Waals surface area contributed by atoms with Crippen molar-refractivity contribution < 1.29 is 18.9 Å². The summed E-state index contributed by atoms with van der Waals surface area (Å²) < 4.78 is 0. The molecule has 1 rings (SSSR count). The smallest absolute Gasteiger partial charge is 0.501 e. The van der Waals surface area contributed by atoms with Gasteiger partial charge < -0.3 is 6.08 Å². The topological polar surface area (TPSA) is 0 Å². The molecule has 1 heteroatoms. The van der Waals surface area contributed by atoms with Gasteiger partial charge in [-0.1, -0.05) is 33.6 Å². The predicted molar refractivity (Wildman–Crippen MR) is 44.6 cm³/mol. The van der Waals surface area contributed by atoms with E-state index in [-0.39, 0.29) is 18.9 Å². The second-order valence-electron chi connectivity index (χ2n) is 4.25. The van der Waals surface area contributed by atoms with Gasteiger partial charge in [0, 0.05) is 0 Å². The molecular formula is C10H17Li. The Hall–Kier alpha value is 0.337. The molecule has 0 N–H and O–H groups in total. The van der Waals surface area contributed by atoms with Gasteiger partial charge in [0.15, 0.2) is 0 Å². The van der Waals surface area contributed by atoms with E-state index in [1.54, 1.807) is 0 Å². The molecule has 0 heterocycles. The molecule has 1 atom stereocenters. The average Bonchev–Trinajstić information content (AvgIpc) is 1.88. The van der Waals surface area contributed by atoms with Crippen LogP contribution in [0.15, 0.2) is 6.08 Å². The monoisotopic (exact) mass is 144 g/mol. The molecule has 0 saturated carbocycles. The van der Waals surface area contributed by atoms with Gasteiger partial charge in [-0.2, -0.15) is 6.42 Å². The Labute approximate surface area is 82.6 Å². The fourth-order valence-corrected chi connectivity index (χ4v) is 1.49. The maximum absolute atomic E-state index is 3.26. The molecule has 0 aromatic rings. The first-order valence-electron chi connectivity index (χ1n) is 4.16. The largest absolute Gasteiger partial charge is 1.00 e. The fraction of sp³-hybridized carbons (Fsp3) is 0.800. The molecule has 0 bridgehead atoms. The zero-order chi connectivity index (χ0) is 7.61. The van der Waals surface area contributed by atoms with Crippen LogP contribution in [0.25, 0.3) is 0 Å². The Morgan fingerprint density at radius 3 is 2.27 bits per heavy atom. The summed E-state index contributed by atoms with van der Waals surface area (Å²) in [5.74, 6) is 0.883. The first kappa shape index (κ1) is 11.3. The van der Waals surface area contributed by atoms with E-state index < -0.39 is 0 Å². The van der Waals surface area contributed by atoms with Crippen molar-refractivity contribution in [2.75, 3.05) is 0 Å². The summed E-state index contributed by atoms with van der Waals surface area (Å²) in [6, 6.07) is 0. The summed E-state index contributed by atoms with van der Waals surface area (Å²) in [5, 5.41) is 0. The number of rotatable bonds is 0. The van der Waals surface area contributed by atoms with E-state index in [2.05, 4.69) is 32.9 Å². The molecule has 0 fully saturated rings. The third-order valence-corrected chi connectivity index (χ3v) is 2.41. The Morgan fingerprint density at radius 1 is 1.36 bits per heavy atom. The molecule has 11 heavy (non-hydrogen) atoms. The van der Waals surface area contributed by atoms with Gasteiger partial charge in [-0.3, -0.25) is 6.08 Å². The van der Waals surface area contributed by atoms with E-state index in [0.29, 0.717) is 5.41 Å². The molecule has 0 aromatic carbocycles. The van der Waals surface area contributed by atoms with Crippen molar-refractivity contribution in [1.29, 1.82) is 0 Å². The minimum atomic E-state index is 0. The summed E-state index contributed by atoms with van der Waals surface area (Å²) >= 11 is 0. The second kappa shape index (κ2) is 4.38. The van der Waals surface area contributed by atoms with Crippen LogP contribution in [0.1, 0.15) is 40.0 Å². The molecular weight excluding hydrogens is 127 g/mol. The minimum absolute atomic E-state index is 0. The van der Waals surface area contributed by atoms with Gasteiger partial charge in [-0.05, 0) is 11.3 Å². The molecule has 0 aliphatic heterocycles. The minimum Gasteiger partial charge on any atom is -0.501 e. The Morgan fingerprint density at radius 2 is 2.00 bits per heavy atom. The van der Waals surface area contributed by atoms with Crippen molar-refractivity contribution >= 4 is 0 Å². The van der Waals surface area contributed by atoms with Crippen molar-refractivity contribution in [1.82, 2.24) is 0 Å². The van der Waals surface area contributed by atoms with Gasteiger partial charge in [0.2, 0.25) is 0 Å². The van der Waals surface area contributed by atoms with Crippen molar-refractivity contribution in [2.24, 2.45) is 11.3 Å². The molecule has 0 saturated heterocycles. The predicted octanol–water partition coefficient (Wildman–Crippen LogP) is 0.196. The van der Waals surface area contributed by atoms with E-state index >= 15 is 0 Å². The van der Waals surface area contributed by atoms with Gasteiger partial charge in [0.05, 0.1) is 0 Å². The van der Waals surface area contributed by atoms with Crippen molar-refractivity contribution in [3.8, 4) is 0 Å². The van der Waals surface area contributed by atoms with Crippen LogP contribution in [-0.4, -0.2) is 0 Å². The number of allylic oxidation sites excluding steroid dienone is 2. The summed E-state index contributed by atoms with van der Waals surface area (Å²) in [6.07, 6.45) is 9.21. The Bertz CT molecular complexity index is 130. The van der Waals surface area contributed by atoms with E-state index in [9.17, 15) is 0 Å². The van der Waals surface area contributed by atoms with Crippen LogP contribution in [0, 0.1) is 17.4 Å². The molecule has 1 unspecified atom stereocenters. The van der Waals surface area contributed by atoms with E-state index in [4.69, 9.17) is 0 Å². The summed E-state index contributed by atoms with van der Waals surface area (Å²) in [7, 11) is 0. The fourth-order valence-electron chi connectivity index (χ4n) is 1.49. The van der Waals surface area contributed by atoms with Crippen molar-refractivity contribution in [2.45, 2.75) is 40.0 Å². The van der Waals surface area contributed by atoms with E-state index in [0.717, 1.165) is 5.92 Å². The van der Waals surface area contributed by atoms with Crippen LogP contribution in [0.2, 0.25) is 0 Å². The normalized spacial score (nSPS) is 24.5.